The Labute approximate surface area is 162 Å². The summed E-state index contributed by atoms with van der Waals surface area (Å²) in [5.41, 5.74) is 1.72. The Balaban J connectivity index is 1.38. The number of carbonyl (C=O) groups is 1. The van der Waals surface area contributed by atoms with Crippen molar-refractivity contribution in [2.45, 2.75) is 6.42 Å². The third-order valence-electron chi connectivity index (χ3n) is 4.40. The molecule has 0 atom stereocenters. The van der Waals surface area contributed by atoms with Crippen LogP contribution in [0, 0.1) is 5.82 Å². The first-order chi connectivity index (χ1) is 12.6. The van der Waals surface area contributed by atoms with Crippen molar-refractivity contribution >= 4 is 48.7 Å². The van der Waals surface area contributed by atoms with Crippen LogP contribution in [-0.2, 0) is 11.2 Å². The molecule has 0 aliphatic carbocycles. The van der Waals surface area contributed by atoms with Gasteiger partial charge in [0.05, 0.1) is 10.9 Å². The zero-order chi connectivity index (χ0) is 18.1. The van der Waals surface area contributed by atoms with E-state index in [1.807, 2.05) is 17.0 Å². The first-order valence-corrected chi connectivity index (χ1v) is 9.89. The lowest BCUT2D eigenvalue weighted by molar-refractivity contribution is -0.130. The van der Waals surface area contributed by atoms with Gasteiger partial charge in [-0.05, 0) is 45.8 Å². The van der Waals surface area contributed by atoms with Crippen LogP contribution in [0.3, 0.4) is 0 Å². The van der Waals surface area contributed by atoms with Crippen molar-refractivity contribution in [3.8, 4) is 0 Å². The summed E-state index contributed by atoms with van der Waals surface area (Å²) in [5.74, 6) is -0.255. The lowest BCUT2D eigenvalue weighted by Crippen LogP contribution is -2.49. The summed E-state index contributed by atoms with van der Waals surface area (Å²) in [4.78, 5) is 26.5. The number of hydrogen-bond acceptors (Lipinski definition) is 5. The number of halogens is 2. The molecule has 4 rings (SSSR count). The van der Waals surface area contributed by atoms with Crippen LogP contribution in [0.4, 0.5) is 9.52 Å². The quantitative estimate of drug-likeness (QED) is 0.632. The second-order valence-electron chi connectivity index (χ2n) is 6.12. The summed E-state index contributed by atoms with van der Waals surface area (Å²) in [6.45, 7) is 2.81. The smallest absolute Gasteiger partial charge is 0.227 e. The molecular formula is C18H16BrFN4OS. The number of carbonyl (C=O) groups excluding carboxylic acids is 1. The number of thiazole rings is 1. The number of fused-ring (bicyclic) bond motifs is 1. The van der Waals surface area contributed by atoms with Gasteiger partial charge in [0.1, 0.15) is 16.2 Å². The minimum atomic E-state index is -0.319. The van der Waals surface area contributed by atoms with Gasteiger partial charge in [-0.1, -0.05) is 17.4 Å². The van der Waals surface area contributed by atoms with Crippen LogP contribution in [-0.4, -0.2) is 47.0 Å². The fourth-order valence-corrected chi connectivity index (χ4v) is 4.36. The number of rotatable bonds is 3. The SMILES string of the molecule is O=C(Cc1ccc(F)c(Br)c1)N1CCN(c2nc3cccnc3s2)CC1. The molecule has 3 heterocycles. The van der Waals surface area contributed by atoms with E-state index in [9.17, 15) is 9.18 Å². The molecule has 134 valence electrons. The Morgan fingerprint density at radius 3 is 2.77 bits per heavy atom. The Hall–Kier alpha value is -2.06. The zero-order valence-electron chi connectivity index (χ0n) is 13.9. The van der Waals surface area contributed by atoms with Crippen molar-refractivity contribution in [1.82, 2.24) is 14.9 Å². The highest BCUT2D eigenvalue weighted by atomic mass is 79.9. The van der Waals surface area contributed by atoms with E-state index in [1.165, 1.54) is 6.07 Å². The van der Waals surface area contributed by atoms with E-state index in [0.717, 1.165) is 34.1 Å². The van der Waals surface area contributed by atoms with Crippen molar-refractivity contribution in [2.24, 2.45) is 0 Å². The number of nitrogens with zero attached hydrogens (tertiary/aromatic N) is 4. The Bertz CT molecular complexity index is 922. The number of benzene rings is 1. The molecule has 1 aliphatic heterocycles. The third kappa shape index (κ3) is 3.57. The van der Waals surface area contributed by atoms with Crippen LogP contribution in [0.1, 0.15) is 5.56 Å². The molecule has 3 aromatic rings. The Morgan fingerprint density at radius 2 is 2.04 bits per heavy atom. The summed E-state index contributed by atoms with van der Waals surface area (Å²) in [5, 5.41) is 0.952. The van der Waals surface area contributed by atoms with Gasteiger partial charge in [-0.2, -0.15) is 0 Å². The molecule has 1 saturated heterocycles. The van der Waals surface area contributed by atoms with Gasteiger partial charge in [0.15, 0.2) is 5.13 Å². The van der Waals surface area contributed by atoms with Gasteiger partial charge in [-0.15, -0.1) is 0 Å². The minimum Gasteiger partial charge on any atom is -0.344 e. The van der Waals surface area contributed by atoms with Gasteiger partial charge < -0.3 is 9.80 Å². The van der Waals surface area contributed by atoms with Crippen LogP contribution < -0.4 is 4.90 Å². The predicted molar refractivity (Wildman–Crippen MR) is 104 cm³/mol. The third-order valence-corrected chi connectivity index (χ3v) is 6.05. The van der Waals surface area contributed by atoms with Gasteiger partial charge in [0.25, 0.3) is 0 Å². The van der Waals surface area contributed by atoms with Crippen molar-refractivity contribution in [3.63, 3.8) is 0 Å². The maximum atomic E-state index is 13.3. The Kier molecular flexibility index (Phi) is 4.86. The summed E-state index contributed by atoms with van der Waals surface area (Å²) in [7, 11) is 0. The van der Waals surface area contributed by atoms with Crippen LogP contribution in [0.5, 0.6) is 0 Å². The van der Waals surface area contributed by atoms with E-state index < -0.39 is 0 Å². The van der Waals surface area contributed by atoms with Gasteiger partial charge in [0.2, 0.25) is 5.91 Å². The summed E-state index contributed by atoms with van der Waals surface area (Å²) in [6, 6.07) is 8.55. The maximum Gasteiger partial charge on any atom is 0.227 e. The van der Waals surface area contributed by atoms with E-state index in [-0.39, 0.29) is 18.1 Å². The number of anilines is 1. The molecule has 1 amide bonds. The largest absolute Gasteiger partial charge is 0.344 e. The average Bonchev–Trinajstić information content (AvgIpc) is 3.09. The number of aromatic nitrogens is 2. The average molecular weight is 435 g/mol. The highest BCUT2D eigenvalue weighted by Crippen LogP contribution is 2.27. The molecule has 0 bridgehead atoms. The minimum absolute atomic E-state index is 0.0640. The van der Waals surface area contributed by atoms with E-state index in [1.54, 1.807) is 29.7 Å². The van der Waals surface area contributed by atoms with Gasteiger partial charge >= 0.3 is 0 Å². The molecule has 2 aromatic heterocycles. The van der Waals surface area contributed by atoms with E-state index in [4.69, 9.17) is 0 Å². The normalized spacial score (nSPS) is 14.8. The lowest BCUT2D eigenvalue weighted by Gasteiger charge is -2.34. The number of piperazine rings is 1. The predicted octanol–water partition coefficient (Wildman–Crippen LogP) is 3.48. The van der Waals surface area contributed by atoms with Crippen LogP contribution in [0.15, 0.2) is 41.0 Å². The van der Waals surface area contributed by atoms with Crippen molar-refractivity contribution in [1.29, 1.82) is 0 Å². The fourth-order valence-electron chi connectivity index (χ4n) is 2.98. The van der Waals surface area contributed by atoms with Crippen LogP contribution in [0.25, 0.3) is 10.3 Å². The molecular weight excluding hydrogens is 419 g/mol. The maximum absolute atomic E-state index is 13.3. The van der Waals surface area contributed by atoms with E-state index >= 15 is 0 Å². The first-order valence-electron chi connectivity index (χ1n) is 8.28. The summed E-state index contributed by atoms with van der Waals surface area (Å²) >= 11 is 4.74. The lowest BCUT2D eigenvalue weighted by atomic mass is 10.1. The molecule has 0 unspecified atom stereocenters. The van der Waals surface area contributed by atoms with Crippen LogP contribution in [0.2, 0.25) is 0 Å². The van der Waals surface area contributed by atoms with Gasteiger partial charge in [0, 0.05) is 32.4 Å². The highest BCUT2D eigenvalue weighted by molar-refractivity contribution is 9.10. The van der Waals surface area contributed by atoms with Crippen molar-refractivity contribution < 1.29 is 9.18 Å². The molecule has 5 nitrogen and oxygen atoms in total. The van der Waals surface area contributed by atoms with E-state index in [0.29, 0.717) is 17.6 Å². The monoisotopic (exact) mass is 434 g/mol. The molecule has 0 N–H and O–H groups in total. The van der Waals surface area contributed by atoms with E-state index in [2.05, 4.69) is 30.8 Å². The molecule has 1 aliphatic rings. The second kappa shape index (κ2) is 7.28. The Morgan fingerprint density at radius 1 is 1.23 bits per heavy atom. The van der Waals surface area contributed by atoms with Crippen molar-refractivity contribution in [3.05, 3.63) is 52.4 Å². The summed E-state index contributed by atoms with van der Waals surface area (Å²) < 4.78 is 13.7. The molecule has 26 heavy (non-hydrogen) atoms. The molecule has 1 aromatic carbocycles. The molecule has 0 spiro atoms. The molecule has 0 radical (unpaired) electrons. The first kappa shape index (κ1) is 17.4. The number of amides is 1. The van der Waals surface area contributed by atoms with Gasteiger partial charge in [-0.3, -0.25) is 4.79 Å². The van der Waals surface area contributed by atoms with Gasteiger partial charge in [-0.25, -0.2) is 14.4 Å². The fraction of sp³-hybridized carbons (Fsp3) is 0.278. The highest BCUT2D eigenvalue weighted by Gasteiger charge is 2.23. The zero-order valence-corrected chi connectivity index (χ0v) is 16.3. The summed E-state index contributed by atoms with van der Waals surface area (Å²) in [6.07, 6.45) is 2.05. The number of hydrogen-bond donors (Lipinski definition) is 0. The standard InChI is InChI=1S/C18H16BrFN4OS/c19-13-10-12(3-4-14(13)20)11-16(25)23-6-8-24(9-7-23)18-22-15-2-1-5-21-17(15)26-18/h1-5,10H,6-9,11H2. The topological polar surface area (TPSA) is 49.3 Å². The molecule has 0 saturated carbocycles. The molecule has 1 fully saturated rings. The molecule has 8 heteroatoms. The van der Waals surface area contributed by atoms with Crippen LogP contribution >= 0.6 is 27.3 Å². The number of pyridine rings is 1. The second-order valence-corrected chi connectivity index (χ2v) is 7.93. The van der Waals surface area contributed by atoms with Crippen molar-refractivity contribution in [2.75, 3.05) is 31.1 Å².